The zero-order valence-corrected chi connectivity index (χ0v) is 12.4. The molecule has 19 heavy (non-hydrogen) atoms. The van der Waals surface area contributed by atoms with Gasteiger partial charge in [-0.15, -0.1) is 11.3 Å². The van der Waals surface area contributed by atoms with Crippen molar-refractivity contribution in [3.8, 4) is 0 Å². The summed E-state index contributed by atoms with van der Waals surface area (Å²) >= 11 is 1.14. The molecule has 108 valence electrons. The molecule has 0 saturated heterocycles. The van der Waals surface area contributed by atoms with Crippen molar-refractivity contribution in [3.05, 3.63) is 17.0 Å². The zero-order valence-electron chi connectivity index (χ0n) is 10.8. The van der Waals surface area contributed by atoms with Gasteiger partial charge in [-0.25, -0.2) is 13.1 Å². The van der Waals surface area contributed by atoms with Crippen molar-refractivity contribution in [2.24, 2.45) is 5.73 Å². The molecule has 4 N–H and O–H groups in total. The molecule has 1 aromatic heterocycles. The normalized spacial score (nSPS) is 11.5. The fourth-order valence-electron chi connectivity index (χ4n) is 1.34. The summed E-state index contributed by atoms with van der Waals surface area (Å²) in [6.45, 7) is 2.97. The minimum Gasteiger partial charge on any atom is -0.356 e. The Balaban J connectivity index is 2.45. The Morgan fingerprint density at radius 2 is 2.11 bits per heavy atom. The van der Waals surface area contributed by atoms with Crippen LogP contribution in [-0.4, -0.2) is 27.4 Å². The number of carbonyl (C=O) groups is 1. The van der Waals surface area contributed by atoms with E-state index in [0.29, 0.717) is 13.1 Å². The molecule has 0 saturated carbocycles. The van der Waals surface area contributed by atoms with E-state index in [1.54, 1.807) is 6.07 Å². The van der Waals surface area contributed by atoms with Gasteiger partial charge in [0, 0.05) is 30.9 Å². The lowest BCUT2D eigenvalue weighted by Crippen LogP contribution is -2.30. The number of sulfonamides is 1. The standard InChI is InChI=1S/C11H19N3O3S2/c1-2-6-13-10(15)5-7-14-19(16,17)11-4-3-9(8-12)18-11/h3-4,14H,2,5-8,12H2,1H3,(H,13,15). The van der Waals surface area contributed by atoms with Crippen molar-refractivity contribution in [1.29, 1.82) is 0 Å². The Morgan fingerprint density at radius 3 is 2.68 bits per heavy atom. The minimum absolute atomic E-state index is 0.0910. The lowest BCUT2D eigenvalue weighted by atomic mass is 10.4. The van der Waals surface area contributed by atoms with Crippen LogP contribution in [0.1, 0.15) is 24.6 Å². The monoisotopic (exact) mass is 305 g/mol. The van der Waals surface area contributed by atoms with Crippen LogP contribution in [0, 0.1) is 0 Å². The highest BCUT2D eigenvalue weighted by Crippen LogP contribution is 2.20. The average molecular weight is 305 g/mol. The zero-order chi connectivity index (χ0) is 14.3. The van der Waals surface area contributed by atoms with E-state index in [9.17, 15) is 13.2 Å². The maximum Gasteiger partial charge on any atom is 0.250 e. The van der Waals surface area contributed by atoms with Crippen LogP contribution in [-0.2, 0) is 21.4 Å². The van der Waals surface area contributed by atoms with Crippen LogP contribution in [0.15, 0.2) is 16.3 Å². The molecule has 1 aromatic rings. The second-order valence-electron chi connectivity index (χ2n) is 3.92. The second kappa shape index (κ2) is 7.59. The van der Waals surface area contributed by atoms with Gasteiger partial charge in [0.25, 0.3) is 0 Å². The van der Waals surface area contributed by atoms with Crippen molar-refractivity contribution in [1.82, 2.24) is 10.0 Å². The number of hydrogen-bond donors (Lipinski definition) is 3. The Morgan fingerprint density at radius 1 is 1.37 bits per heavy atom. The van der Waals surface area contributed by atoms with E-state index in [1.807, 2.05) is 6.92 Å². The average Bonchev–Trinajstić information content (AvgIpc) is 2.85. The smallest absolute Gasteiger partial charge is 0.250 e. The molecule has 0 spiro atoms. The first-order valence-electron chi connectivity index (χ1n) is 6.04. The molecule has 0 fully saturated rings. The van der Waals surface area contributed by atoms with E-state index in [1.165, 1.54) is 6.07 Å². The fourth-order valence-corrected chi connectivity index (χ4v) is 3.65. The van der Waals surface area contributed by atoms with E-state index in [0.717, 1.165) is 22.6 Å². The van der Waals surface area contributed by atoms with Gasteiger partial charge >= 0.3 is 0 Å². The highest BCUT2D eigenvalue weighted by Gasteiger charge is 2.16. The predicted octanol–water partition coefficient (Wildman–Crippen LogP) is 0.401. The molecule has 0 unspecified atom stereocenters. The molecular weight excluding hydrogens is 286 g/mol. The van der Waals surface area contributed by atoms with Crippen LogP contribution in [0.4, 0.5) is 0 Å². The maximum atomic E-state index is 11.9. The summed E-state index contributed by atoms with van der Waals surface area (Å²) < 4.78 is 26.4. The molecule has 0 radical (unpaired) electrons. The van der Waals surface area contributed by atoms with Crippen LogP contribution in [0.5, 0.6) is 0 Å². The number of rotatable bonds is 8. The van der Waals surface area contributed by atoms with Gasteiger partial charge in [-0.05, 0) is 18.6 Å². The van der Waals surface area contributed by atoms with Gasteiger partial charge in [-0.1, -0.05) is 6.92 Å². The summed E-state index contributed by atoms with van der Waals surface area (Å²) in [4.78, 5) is 12.1. The molecule has 0 atom stereocenters. The van der Waals surface area contributed by atoms with E-state index in [2.05, 4.69) is 10.0 Å². The SMILES string of the molecule is CCCNC(=O)CCNS(=O)(=O)c1ccc(CN)s1. The first-order valence-corrected chi connectivity index (χ1v) is 8.34. The van der Waals surface area contributed by atoms with Crippen LogP contribution < -0.4 is 15.8 Å². The fraction of sp³-hybridized carbons (Fsp3) is 0.545. The summed E-state index contributed by atoms with van der Waals surface area (Å²) in [5, 5.41) is 2.68. The van der Waals surface area contributed by atoms with Gasteiger partial charge in [0.1, 0.15) is 4.21 Å². The van der Waals surface area contributed by atoms with Gasteiger partial charge in [0.05, 0.1) is 0 Å². The molecule has 0 bridgehead atoms. The number of nitrogens with two attached hydrogens (primary N) is 1. The highest BCUT2D eigenvalue weighted by atomic mass is 32.2. The number of thiophene rings is 1. The third kappa shape index (κ3) is 5.27. The van der Waals surface area contributed by atoms with Crippen LogP contribution in [0.25, 0.3) is 0 Å². The summed E-state index contributed by atoms with van der Waals surface area (Å²) in [6, 6.07) is 3.21. The number of nitrogens with one attached hydrogen (secondary N) is 2. The van der Waals surface area contributed by atoms with Crippen molar-refractivity contribution < 1.29 is 13.2 Å². The molecule has 1 rings (SSSR count). The Hall–Kier alpha value is -0.960. The van der Waals surface area contributed by atoms with Gasteiger partial charge in [0.15, 0.2) is 0 Å². The minimum atomic E-state index is -3.53. The lowest BCUT2D eigenvalue weighted by molar-refractivity contribution is -0.120. The van der Waals surface area contributed by atoms with Crippen molar-refractivity contribution in [2.75, 3.05) is 13.1 Å². The van der Waals surface area contributed by atoms with Crippen molar-refractivity contribution in [3.63, 3.8) is 0 Å². The van der Waals surface area contributed by atoms with Crippen LogP contribution in [0.2, 0.25) is 0 Å². The van der Waals surface area contributed by atoms with E-state index < -0.39 is 10.0 Å². The molecule has 0 aliphatic carbocycles. The second-order valence-corrected chi connectivity index (χ2v) is 7.08. The summed E-state index contributed by atoms with van der Waals surface area (Å²) in [5.74, 6) is -0.154. The molecule has 1 amide bonds. The van der Waals surface area contributed by atoms with Crippen molar-refractivity contribution in [2.45, 2.75) is 30.5 Å². The number of hydrogen-bond acceptors (Lipinski definition) is 5. The lowest BCUT2D eigenvalue weighted by Gasteiger charge is -2.05. The quantitative estimate of drug-likeness (QED) is 0.647. The molecule has 1 heterocycles. The summed E-state index contributed by atoms with van der Waals surface area (Å²) in [7, 11) is -3.53. The molecule has 0 aliphatic rings. The Bertz CT molecular complexity index is 511. The molecular formula is C11H19N3O3S2. The van der Waals surface area contributed by atoms with Crippen molar-refractivity contribution >= 4 is 27.3 Å². The summed E-state index contributed by atoms with van der Waals surface area (Å²) in [6.07, 6.45) is 0.989. The number of carbonyl (C=O) groups excluding carboxylic acids is 1. The molecule has 0 aliphatic heterocycles. The number of amides is 1. The van der Waals surface area contributed by atoms with Gasteiger partial charge < -0.3 is 11.1 Å². The predicted molar refractivity (Wildman–Crippen MR) is 75.3 cm³/mol. The summed E-state index contributed by atoms with van der Waals surface area (Å²) in [5.41, 5.74) is 5.44. The van der Waals surface area contributed by atoms with E-state index in [-0.39, 0.29) is 23.1 Å². The molecule has 6 nitrogen and oxygen atoms in total. The van der Waals surface area contributed by atoms with Crippen LogP contribution >= 0.6 is 11.3 Å². The third-order valence-electron chi connectivity index (χ3n) is 2.32. The van der Waals surface area contributed by atoms with Gasteiger partial charge in [-0.3, -0.25) is 4.79 Å². The highest BCUT2D eigenvalue weighted by molar-refractivity contribution is 7.91. The topological polar surface area (TPSA) is 101 Å². The van der Waals surface area contributed by atoms with E-state index >= 15 is 0 Å². The van der Waals surface area contributed by atoms with Gasteiger partial charge in [-0.2, -0.15) is 0 Å². The largest absolute Gasteiger partial charge is 0.356 e. The first kappa shape index (κ1) is 16.1. The Kier molecular flexibility index (Phi) is 6.43. The van der Waals surface area contributed by atoms with E-state index in [4.69, 9.17) is 5.73 Å². The first-order chi connectivity index (χ1) is 8.99. The van der Waals surface area contributed by atoms with Crippen LogP contribution in [0.3, 0.4) is 0 Å². The molecule has 0 aromatic carbocycles. The Labute approximate surface area is 117 Å². The van der Waals surface area contributed by atoms with Gasteiger partial charge in [0.2, 0.25) is 15.9 Å². The third-order valence-corrected chi connectivity index (χ3v) is 5.38. The molecule has 8 heteroatoms. The maximum absolute atomic E-state index is 11.9.